The van der Waals surface area contributed by atoms with E-state index in [1.165, 1.54) is 20.2 Å². The molecule has 0 aromatic heterocycles. The van der Waals surface area contributed by atoms with Crippen LogP contribution in [0.4, 0.5) is 5.69 Å². The van der Waals surface area contributed by atoms with Gasteiger partial charge in [-0.2, -0.15) is 0 Å². The average molecular weight is 288 g/mol. The lowest BCUT2D eigenvalue weighted by atomic mass is 10.3. The second-order valence-corrected chi connectivity index (χ2v) is 6.31. The Morgan fingerprint density at radius 1 is 1.05 bits per heavy atom. The van der Waals surface area contributed by atoms with Crippen LogP contribution in [0.5, 0.6) is 0 Å². The Kier molecular flexibility index (Phi) is 5.74. The fourth-order valence-electron chi connectivity index (χ4n) is 1.73. The summed E-state index contributed by atoms with van der Waals surface area (Å²) in [5.74, 6) is 0. The van der Waals surface area contributed by atoms with Gasteiger partial charge in [-0.1, -0.05) is 12.1 Å². The van der Waals surface area contributed by atoms with Crippen LogP contribution in [0.3, 0.4) is 0 Å². The fourth-order valence-corrected chi connectivity index (χ4v) is 2.83. The van der Waals surface area contributed by atoms with Crippen LogP contribution < -0.4 is 4.90 Å². The predicted octanol–water partition coefficient (Wildman–Crippen LogP) is -0.272. The van der Waals surface area contributed by atoms with Crippen molar-refractivity contribution in [3.63, 3.8) is 0 Å². The highest BCUT2D eigenvalue weighted by molar-refractivity contribution is 7.89. The van der Waals surface area contributed by atoms with Crippen LogP contribution >= 0.6 is 0 Å². The number of aliphatic hydroxyl groups excluding tert-OH is 2. The van der Waals surface area contributed by atoms with Crippen LogP contribution in [0.25, 0.3) is 0 Å². The fraction of sp³-hybridized carbons (Fsp3) is 0.500. The molecular formula is C12H20N2O4S. The van der Waals surface area contributed by atoms with Crippen molar-refractivity contribution >= 4 is 15.7 Å². The van der Waals surface area contributed by atoms with E-state index in [2.05, 4.69) is 0 Å². The first-order valence-electron chi connectivity index (χ1n) is 5.93. The largest absolute Gasteiger partial charge is 0.395 e. The van der Waals surface area contributed by atoms with Gasteiger partial charge in [0.05, 0.1) is 18.9 Å². The Bertz CT molecular complexity index is 496. The Morgan fingerprint density at radius 3 is 2.05 bits per heavy atom. The molecule has 1 aromatic rings. The molecule has 0 aliphatic rings. The number of hydrogen-bond donors (Lipinski definition) is 2. The van der Waals surface area contributed by atoms with Gasteiger partial charge in [-0.15, -0.1) is 0 Å². The van der Waals surface area contributed by atoms with Crippen molar-refractivity contribution < 1.29 is 18.6 Å². The summed E-state index contributed by atoms with van der Waals surface area (Å²) in [7, 11) is -0.627. The van der Waals surface area contributed by atoms with Crippen molar-refractivity contribution in [1.29, 1.82) is 0 Å². The molecule has 0 radical (unpaired) electrons. The molecule has 0 aliphatic heterocycles. The van der Waals surface area contributed by atoms with E-state index in [1.807, 2.05) is 0 Å². The number of hydrogen-bond acceptors (Lipinski definition) is 5. The van der Waals surface area contributed by atoms with Crippen molar-refractivity contribution in [2.24, 2.45) is 0 Å². The van der Waals surface area contributed by atoms with E-state index >= 15 is 0 Å². The van der Waals surface area contributed by atoms with Gasteiger partial charge in [0.2, 0.25) is 10.0 Å². The van der Waals surface area contributed by atoms with Gasteiger partial charge in [0.15, 0.2) is 0 Å². The van der Waals surface area contributed by atoms with E-state index in [0.29, 0.717) is 5.69 Å². The summed E-state index contributed by atoms with van der Waals surface area (Å²) in [6.07, 6.45) is 0. The van der Waals surface area contributed by atoms with Gasteiger partial charge in [-0.3, -0.25) is 0 Å². The molecule has 0 bridgehead atoms. The van der Waals surface area contributed by atoms with Crippen LogP contribution in [-0.2, 0) is 10.0 Å². The van der Waals surface area contributed by atoms with Gasteiger partial charge in [-0.05, 0) is 12.1 Å². The minimum Gasteiger partial charge on any atom is -0.395 e. The monoisotopic (exact) mass is 288 g/mol. The summed E-state index contributed by atoms with van der Waals surface area (Å²) in [4.78, 5) is 1.82. The number of benzene rings is 1. The van der Waals surface area contributed by atoms with E-state index in [1.54, 1.807) is 23.1 Å². The molecule has 7 heteroatoms. The molecular weight excluding hydrogens is 268 g/mol. The van der Waals surface area contributed by atoms with E-state index in [9.17, 15) is 8.42 Å². The first kappa shape index (κ1) is 15.9. The first-order valence-corrected chi connectivity index (χ1v) is 7.37. The quantitative estimate of drug-likeness (QED) is 0.722. The summed E-state index contributed by atoms with van der Waals surface area (Å²) in [5.41, 5.74) is 0.485. The van der Waals surface area contributed by atoms with E-state index in [-0.39, 0.29) is 31.2 Å². The van der Waals surface area contributed by atoms with E-state index < -0.39 is 10.0 Å². The third-order valence-corrected chi connectivity index (χ3v) is 4.57. The number of sulfonamides is 1. The Hall–Kier alpha value is -1.15. The van der Waals surface area contributed by atoms with Gasteiger partial charge in [0.1, 0.15) is 4.90 Å². The molecule has 6 nitrogen and oxygen atoms in total. The van der Waals surface area contributed by atoms with Crippen LogP contribution in [0.15, 0.2) is 29.2 Å². The highest BCUT2D eigenvalue weighted by Crippen LogP contribution is 2.26. The smallest absolute Gasteiger partial charge is 0.244 e. The summed E-state index contributed by atoms with van der Waals surface area (Å²) < 4.78 is 25.6. The number of anilines is 1. The van der Waals surface area contributed by atoms with Crippen LogP contribution in [-0.4, -0.2) is 63.3 Å². The van der Waals surface area contributed by atoms with E-state index in [4.69, 9.17) is 10.2 Å². The van der Waals surface area contributed by atoms with Crippen molar-refractivity contribution in [1.82, 2.24) is 4.31 Å². The average Bonchev–Trinajstić information content (AvgIpc) is 2.38. The lowest BCUT2D eigenvalue weighted by molar-refractivity contribution is 0.281. The molecule has 108 valence electrons. The maximum atomic E-state index is 12.2. The maximum absolute atomic E-state index is 12.2. The molecule has 0 saturated heterocycles. The normalized spacial score (nSPS) is 11.8. The molecule has 0 aliphatic carbocycles. The highest BCUT2D eigenvalue weighted by atomic mass is 32.2. The minimum absolute atomic E-state index is 0.115. The zero-order valence-electron chi connectivity index (χ0n) is 11.2. The second kappa shape index (κ2) is 6.85. The molecule has 0 spiro atoms. The minimum atomic E-state index is -3.56. The van der Waals surface area contributed by atoms with Crippen molar-refractivity contribution in [3.05, 3.63) is 24.3 Å². The van der Waals surface area contributed by atoms with Crippen molar-refractivity contribution in [2.45, 2.75) is 4.90 Å². The first-order chi connectivity index (χ1) is 8.95. The van der Waals surface area contributed by atoms with Crippen LogP contribution in [0.1, 0.15) is 0 Å². The Morgan fingerprint density at radius 2 is 1.58 bits per heavy atom. The maximum Gasteiger partial charge on any atom is 0.244 e. The molecule has 19 heavy (non-hydrogen) atoms. The van der Waals surface area contributed by atoms with Gasteiger partial charge in [0.25, 0.3) is 0 Å². The van der Waals surface area contributed by atoms with Crippen molar-refractivity contribution in [3.8, 4) is 0 Å². The van der Waals surface area contributed by atoms with Gasteiger partial charge < -0.3 is 15.1 Å². The summed E-state index contributed by atoms with van der Waals surface area (Å²) in [6.45, 7) is 0.299. The second-order valence-electron chi connectivity index (χ2n) is 4.19. The van der Waals surface area contributed by atoms with Gasteiger partial charge >= 0.3 is 0 Å². The van der Waals surface area contributed by atoms with Crippen LogP contribution in [0.2, 0.25) is 0 Å². The zero-order chi connectivity index (χ0) is 14.5. The molecule has 1 aromatic carbocycles. The zero-order valence-corrected chi connectivity index (χ0v) is 12.0. The number of para-hydroxylation sites is 1. The molecule has 1 rings (SSSR count). The topological polar surface area (TPSA) is 81.1 Å². The third-order valence-electron chi connectivity index (χ3n) is 2.70. The standard InChI is InChI=1S/C12H20N2O4S/c1-13(2)19(17,18)12-6-4-3-5-11(12)14(7-9-15)8-10-16/h3-6,15-16H,7-10H2,1-2H3. The summed E-state index contributed by atoms with van der Waals surface area (Å²) in [6, 6.07) is 6.57. The number of nitrogens with zero attached hydrogens (tertiary/aromatic N) is 2. The lowest BCUT2D eigenvalue weighted by Gasteiger charge is -2.26. The molecule has 0 heterocycles. The molecule has 0 unspecified atom stereocenters. The molecule has 0 atom stereocenters. The van der Waals surface area contributed by atoms with E-state index in [0.717, 1.165) is 4.31 Å². The number of aliphatic hydroxyl groups is 2. The highest BCUT2D eigenvalue weighted by Gasteiger charge is 2.23. The molecule has 0 saturated carbocycles. The van der Waals surface area contributed by atoms with Crippen LogP contribution in [0, 0.1) is 0 Å². The molecule has 2 N–H and O–H groups in total. The molecule has 0 fully saturated rings. The summed E-state index contributed by atoms with van der Waals surface area (Å²) >= 11 is 0. The Labute approximate surface area is 113 Å². The predicted molar refractivity (Wildman–Crippen MR) is 73.7 cm³/mol. The van der Waals surface area contributed by atoms with Gasteiger partial charge in [0, 0.05) is 27.2 Å². The van der Waals surface area contributed by atoms with Gasteiger partial charge in [-0.25, -0.2) is 12.7 Å². The lowest BCUT2D eigenvalue weighted by Crippen LogP contribution is -2.32. The third kappa shape index (κ3) is 3.66. The Balaban J connectivity index is 3.28. The SMILES string of the molecule is CN(C)S(=O)(=O)c1ccccc1N(CCO)CCO. The number of rotatable bonds is 7. The molecule has 0 amide bonds. The summed E-state index contributed by atoms with van der Waals surface area (Å²) in [5, 5.41) is 18.1. The van der Waals surface area contributed by atoms with Crippen molar-refractivity contribution in [2.75, 3.05) is 45.3 Å².